The molecule has 2 rings (SSSR count). The Kier molecular flexibility index (Phi) is 3.71. The molecule has 96 valence electrons. The van der Waals surface area contributed by atoms with Gasteiger partial charge in [0.15, 0.2) is 0 Å². The van der Waals surface area contributed by atoms with Crippen LogP contribution in [0.15, 0.2) is 22.7 Å². The number of carbonyl (C=O) groups excluding carboxylic acids is 2. The summed E-state index contributed by atoms with van der Waals surface area (Å²) in [5.41, 5.74) is 1.87. The Hall–Kier alpha value is -1.36. The van der Waals surface area contributed by atoms with Gasteiger partial charge in [-0.2, -0.15) is 0 Å². The molecule has 5 heteroatoms. The zero-order chi connectivity index (χ0) is 13.3. The second kappa shape index (κ2) is 5.10. The Morgan fingerprint density at radius 2 is 2.11 bits per heavy atom. The average Bonchev–Trinajstić information content (AvgIpc) is 2.44. The van der Waals surface area contributed by atoms with Crippen molar-refractivity contribution >= 4 is 33.4 Å². The fourth-order valence-corrected chi connectivity index (χ4v) is 2.42. The molecule has 0 bridgehead atoms. The number of halogens is 1. The van der Waals surface area contributed by atoms with Crippen LogP contribution in [0.3, 0.4) is 0 Å². The predicted molar refractivity (Wildman–Crippen MR) is 73.5 cm³/mol. The highest BCUT2D eigenvalue weighted by Crippen LogP contribution is 2.28. The minimum atomic E-state index is -0.474. The first kappa shape index (κ1) is 13.1. The topological polar surface area (TPSA) is 49.4 Å². The molecule has 1 saturated heterocycles. The highest BCUT2D eigenvalue weighted by Gasteiger charge is 2.28. The third kappa shape index (κ3) is 2.41. The second-order valence-corrected chi connectivity index (χ2v) is 5.27. The highest BCUT2D eigenvalue weighted by molar-refractivity contribution is 9.10. The Labute approximate surface area is 114 Å². The number of amides is 2. The van der Waals surface area contributed by atoms with Crippen molar-refractivity contribution in [1.29, 1.82) is 0 Å². The molecule has 1 fully saturated rings. The minimum absolute atomic E-state index is 0.0675. The van der Waals surface area contributed by atoms with Crippen LogP contribution in [0.2, 0.25) is 0 Å². The highest BCUT2D eigenvalue weighted by atomic mass is 79.9. The fraction of sp³-hybridized carbons (Fsp3) is 0.385. The lowest BCUT2D eigenvalue weighted by atomic mass is 10.1. The quantitative estimate of drug-likeness (QED) is 0.862. The predicted octanol–water partition coefficient (Wildman–Crippen LogP) is 2.00. The summed E-state index contributed by atoms with van der Waals surface area (Å²) in [5, 5.41) is 2.68. The van der Waals surface area contributed by atoms with Crippen LogP contribution in [-0.2, 0) is 9.59 Å². The van der Waals surface area contributed by atoms with Crippen molar-refractivity contribution in [1.82, 2.24) is 5.32 Å². The molecule has 1 N–H and O–H groups in total. The fourth-order valence-electron chi connectivity index (χ4n) is 2.06. The zero-order valence-electron chi connectivity index (χ0n) is 10.4. The summed E-state index contributed by atoms with van der Waals surface area (Å²) in [5.74, 6) is -0.145. The van der Waals surface area contributed by atoms with Gasteiger partial charge in [-0.1, -0.05) is 22.0 Å². The van der Waals surface area contributed by atoms with Crippen LogP contribution < -0.4 is 10.2 Å². The van der Waals surface area contributed by atoms with E-state index < -0.39 is 6.04 Å². The Morgan fingerprint density at radius 1 is 1.39 bits per heavy atom. The monoisotopic (exact) mass is 310 g/mol. The molecule has 1 atom stereocenters. The molecule has 0 aromatic heterocycles. The van der Waals surface area contributed by atoms with Crippen LogP contribution in [0.5, 0.6) is 0 Å². The third-order valence-electron chi connectivity index (χ3n) is 3.11. The molecule has 1 aromatic rings. The lowest BCUT2D eigenvalue weighted by Gasteiger charge is -2.24. The van der Waals surface area contributed by atoms with Crippen molar-refractivity contribution in [3.8, 4) is 0 Å². The van der Waals surface area contributed by atoms with Crippen LogP contribution in [0.4, 0.5) is 5.69 Å². The molecule has 0 spiro atoms. The van der Waals surface area contributed by atoms with E-state index in [4.69, 9.17) is 0 Å². The first-order valence-electron chi connectivity index (χ1n) is 5.86. The number of nitrogens with zero attached hydrogens (tertiary/aromatic N) is 1. The van der Waals surface area contributed by atoms with Gasteiger partial charge in [0, 0.05) is 23.1 Å². The summed E-state index contributed by atoms with van der Waals surface area (Å²) in [4.78, 5) is 25.4. The average molecular weight is 311 g/mol. The molecule has 0 saturated carbocycles. The Bertz CT molecular complexity index is 502. The van der Waals surface area contributed by atoms with E-state index in [1.165, 1.54) is 0 Å². The maximum Gasteiger partial charge on any atom is 0.249 e. The van der Waals surface area contributed by atoms with E-state index in [9.17, 15) is 9.59 Å². The molecule has 2 amide bonds. The second-order valence-electron chi connectivity index (χ2n) is 4.41. The van der Waals surface area contributed by atoms with E-state index >= 15 is 0 Å². The van der Waals surface area contributed by atoms with E-state index in [1.807, 2.05) is 25.1 Å². The summed E-state index contributed by atoms with van der Waals surface area (Å²) in [6.45, 7) is 4.09. The number of carbonyl (C=O) groups is 2. The molecule has 1 unspecified atom stereocenters. The number of hydrogen-bond acceptors (Lipinski definition) is 2. The molecule has 1 aromatic carbocycles. The van der Waals surface area contributed by atoms with Crippen LogP contribution in [0.25, 0.3) is 0 Å². The van der Waals surface area contributed by atoms with Gasteiger partial charge >= 0.3 is 0 Å². The lowest BCUT2D eigenvalue weighted by Crippen LogP contribution is -2.43. The van der Waals surface area contributed by atoms with E-state index in [0.717, 1.165) is 15.7 Å². The number of anilines is 1. The molecular formula is C13H15BrN2O2. The summed E-state index contributed by atoms with van der Waals surface area (Å²) in [6.07, 6.45) is 0.335. The normalized spacial score (nSPS) is 20.6. The van der Waals surface area contributed by atoms with Crippen molar-refractivity contribution in [3.05, 3.63) is 28.2 Å². The first-order chi connectivity index (χ1) is 8.50. The molecular weight excluding hydrogens is 296 g/mol. The van der Waals surface area contributed by atoms with Gasteiger partial charge in [-0.05, 0) is 31.5 Å². The molecule has 1 aliphatic heterocycles. The van der Waals surface area contributed by atoms with Crippen LogP contribution >= 0.6 is 15.9 Å². The molecule has 0 radical (unpaired) electrons. The van der Waals surface area contributed by atoms with Crippen molar-refractivity contribution in [2.75, 3.05) is 11.4 Å². The molecule has 0 aliphatic carbocycles. The van der Waals surface area contributed by atoms with Gasteiger partial charge in [0.2, 0.25) is 11.8 Å². The minimum Gasteiger partial charge on any atom is -0.345 e. The molecule has 18 heavy (non-hydrogen) atoms. The van der Waals surface area contributed by atoms with Gasteiger partial charge in [-0.3, -0.25) is 9.59 Å². The van der Waals surface area contributed by atoms with Crippen LogP contribution in [-0.4, -0.2) is 24.4 Å². The van der Waals surface area contributed by atoms with E-state index in [2.05, 4.69) is 21.2 Å². The largest absolute Gasteiger partial charge is 0.345 e. The van der Waals surface area contributed by atoms with E-state index in [-0.39, 0.29) is 11.8 Å². The summed E-state index contributed by atoms with van der Waals surface area (Å²) in [6, 6.07) is 5.26. The number of benzene rings is 1. The maximum absolute atomic E-state index is 12.3. The van der Waals surface area contributed by atoms with Gasteiger partial charge in [-0.15, -0.1) is 0 Å². The van der Waals surface area contributed by atoms with E-state index in [1.54, 1.807) is 11.8 Å². The molecule has 1 aliphatic rings. The third-order valence-corrected chi connectivity index (χ3v) is 3.97. The molecule has 4 nitrogen and oxygen atoms in total. The van der Waals surface area contributed by atoms with Crippen molar-refractivity contribution in [2.24, 2.45) is 0 Å². The number of hydrogen-bond donors (Lipinski definition) is 1. The van der Waals surface area contributed by atoms with Gasteiger partial charge in [0.25, 0.3) is 0 Å². The SMILES string of the molecule is Cc1c(Br)cccc1N1CCC(=O)NC(C)C1=O. The van der Waals surface area contributed by atoms with Crippen LogP contribution in [0.1, 0.15) is 18.9 Å². The van der Waals surface area contributed by atoms with Gasteiger partial charge in [0.05, 0.1) is 0 Å². The van der Waals surface area contributed by atoms with Gasteiger partial charge in [0.1, 0.15) is 6.04 Å². The summed E-state index contributed by atoms with van der Waals surface area (Å²) < 4.78 is 0.962. The van der Waals surface area contributed by atoms with Gasteiger partial charge in [-0.25, -0.2) is 0 Å². The Morgan fingerprint density at radius 3 is 2.83 bits per heavy atom. The van der Waals surface area contributed by atoms with Crippen molar-refractivity contribution in [2.45, 2.75) is 26.3 Å². The summed E-state index contributed by atoms with van der Waals surface area (Å²) in [7, 11) is 0. The number of nitrogens with one attached hydrogen (secondary N) is 1. The summed E-state index contributed by atoms with van der Waals surface area (Å²) >= 11 is 3.46. The molecule has 1 heterocycles. The first-order valence-corrected chi connectivity index (χ1v) is 6.66. The van der Waals surface area contributed by atoms with Gasteiger partial charge < -0.3 is 10.2 Å². The zero-order valence-corrected chi connectivity index (χ0v) is 12.0. The van der Waals surface area contributed by atoms with E-state index in [0.29, 0.717) is 13.0 Å². The smallest absolute Gasteiger partial charge is 0.249 e. The number of rotatable bonds is 1. The van der Waals surface area contributed by atoms with Crippen molar-refractivity contribution in [3.63, 3.8) is 0 Å². The maximum atomic E-state index is 12.3. The lowest BCUT2D eigenvalue weighted by molar-refractivity contribution is -0.125. The van der Waals surface area contributed by atoms with Crippen LogP contribution in [0, 0.1) is 6.92 Å². The Balaban J connectivity index is 2.39. The van der Waals surface area contributed by atoms with Crippen molar-refractivity contribution < 1.29 is 9.59 Å². The standard InChI is InChI=1S/C13H15BrN2O2/c1-8-10(14)4-3-5-11(8)16-7-6-12(17)15-9(2)13(16)18/h3-5,9H,6-7H2,1-2H3,(H,15,17).